The third-order valence-corrected chi connectivity index (χ3v) is 3.84. The molecule has 0 amide bonds. The van der Waals surface area contributed by atoms with Crippen LogP contribution in [0.4, 0.5) is 0 Å². The fourth-order valence-electron chi connectivity index (χ4n) is 1.55. The van der Waals surface area contributed by atoms with Crippen LogP contribution in [0.5, 0.6) is 0 Å². The molecule has 0 aliphatic heterocycles. The molecule has 2 nitrogen and oxygen atoms in total. The molecule has 0 radical (unpaired) electrons. The lowest BCUT2D eigenvalue weighted by atomic mass is 9.96. The van der Waals surface area contributed by atoms with E-state index in [1.165, 1.54) is 11.1 Å². The van der Waals surface area contributed by atoms with Crippen molar-refractivity contribution in [3.8, 4) is 0 Å². The van der Waals surface area contributed by atoms with Gasteiger partial charge in [0.25, 0.3) is 0 Å². The van der Waals surface area contributed by atoms with Crippen molar-refractivity contribution in [2.45, 2.75) is 27.3 Å². The summed E-state index contributed by atoms with van der Waals surface area (Å²) in [5.41, 5.74) is 8.53. The van der Waals surface area contributed by atoms with Crippen molar-refractivity contribution in [2.75, 3.05) is 13.1 Å². The van der Waals surface area contributed by atoms with E-state index in [1.54, 1.807) is 11.3 Å². The van der Waals surface area contributed by atoms with E-state index in [1.807, 2.05) is 0 Å². The average Bonchev–Trinajstić information content (AvgIpc) is 2.58. The molecule has 0 spiro atoms. The van der Waals surface area contributed by atoms with Crippen LogP contribution in [-0.4, -0.2) is 13.1 Å². The SMILES string of the molecule is Cc1cscc1CNCC(CN)C(C)C. The smallest absolute Gasteiger partial charge is 0.0216 e. The van der Waals surface area contributed by atoms with Gasteiger partial charge in [0.1, 0.15) is 0 Å². The predicted molar refractivity (Wildman–Crippen MR) is 68.1 cm³/mol. The zero-order valence-electron chi connectivity index (χ0n) is 9.92. The van der Waals surface area contributed by atoms with E-state index in [9.17, 15) is 0 Å². The Morgan fingerprint density at radius 2 is 2.13 bits per heavy atom. The van der Waals surface area contributed by atoms with Crippen LogP contribution in [-0.2, 0) is 6.54 Å². The number of hydrogen-bond acceptors (Lipinski definition) is 3. The summed E-state index contributed by atoms with van der Waals surface area (Å²) in [5, 5.41) is 7.90. The number of nitrogens with one attached hydrogen (secondary N) is 1. The second-order valence-corrected chi connectivity index (χ2v) is 5.19. The molecule has 15 heavy (non-hydrogen) atoms. The van der Waals surface area contributed by atoms with Gasteiger partial charge in [0.15, 0.2) is 0 Å². The molecule has 0 fully saturated rings. The molecule has 0 saturated carbocycles. The van der Waals surface area contributed by atoms with E-state index in [4.69, 9.17) is 5.73 Å². The first kappa shape index (κ1) is 12.7. The number of nitrogens with two attached hydrogens (primary N) is 1. The van der Waals surface area contributed by atoms with Gasteiger partial charge in [-0.1, -0.05) is 13.8 Å². The maximum atomic E-state index is 5.73. The van der Waals surface area contributed by atoms with Crippen molar-refractivity contribution in [3.05, 3.63) is 21.9 Å². The highest BCUT2D eigenvalue weighted by Crippen LogP contribution is 2.13. The van der Waals surface area contributed by atoms with E-state index < -0.39 is 0 Å². The maximum Gasteiger partial charge on any atom is 0.0216 e. The van der Waals surface area contributed by atoms with Crippen LogP contribution < -0.4 is 11.1 Å². The van der Waals surface area contributed by atoms with Crippen LogP contribution in [0.3, 0.4) is 0 Å². The molecule has 1 rings (SSSR count). The number of rotatable bonds is 6. The molecule has 1 aromatic rings. The fraction of sp³-hybridized carbons (Fsp3) is 0.667. The Morgan fingerprint density at radius 3 is 2.60 bits per heavy atom. The molecule has 0 aromatic carbocycles. The summed E-state index contributed by atoms with van der Waals surface area (Å²) in [6, 6.07) is 0. The van der Waals surface area contributed by atoms with Gasteiger partial charge in [-0.25, -0.2) is 0 Å². The minimum atomic E-state index is 0.587. The predicted octanol–water partition coefficient (Wildman–Crippen LogP) is 2.38. The molecule has 3 heteroatoms. The van der Waals surface area contributed by atoms with E-state index in [0.29, 0.717) is 11.8 Å². The van der Waals surface area contributed by atoms with Crippen LogP contribution in [0, 0.1) is 18.8 Å². The molecule has 0 bridgehead atoms. The fourth-order valence-corrected chi connectivity index (χ4v) is 2.41. The van der Waals surface area contributed by atoms with Gasteiger partial charge in [0.05, 0.1) is 0 Å². The summed E-state index contributed by atoms with van der Waals surface area (Å²) < 4.78 is 0. The first-order chi connectivity index (χ1) is 7.15. The van der Waals surface area contributed by atoms with E-state index >= 15 is 0 Å². The Labute approximate surface area is 96.9 Å². The molecular weight excluding hydrogens is 204 g/mol. The zero-order chi connectivity index (χ0) is 11.3. The quantitative estimate of drug-likeness (QED) is 0.781. The van der Waals surface area contributed by atoms with Crippen LogP contribution in [0.25, 0.3) is 0 Å². The average molecular weight is 226 g/mol. The van der Waals surface area contributed by atoms with Crippen molar-refractivity contribution < 1.29 is 0 Å². The highest BCUT2D eigenvalue weighted by atomic mass is 32.1. The molecule has 3 N–H and O–H groups in total. The Balaban J connectivity index is 2.29. The van der Waals surface area contributed by atoms with E-state index in [0.717, 1.165) is 19.6 Å². The van der Waals surface area contributed by atoms with Gasteiger partial charge in [0, 0.05) is 6.54 Å². The lowest BCUT2D eigenvalue weighted by molar-refractivity contribution is 0.370. The second kappa shape index (κ2) is 6.26. The Morgan fingerprint density at radius 1 is 1.40 bits per heavy atom. The molecule has 1 aromatic heterocycles. The Kier molecular flexibility index (Phi) is 5.29. The van der Waals surface area contributed by atoms with E-state index in [2.05, 4.69) is 36.8 Å². The number of hydrogen-bond donors (Lipinski definition) is 2. The van der Waals surface area contributed by atoms with Gasteiger partial charge in [-0.15, -0.1) is 0 Å². The third-order valence-electron chi connectivity index (χ3n) is 2.93. The topological polar surface area (TPSA) is 38.0 Å². The standard InChI is InChI=1S/C12H22N2S/c1-9(2)11(4-13)5-14-6-12-8-15-7-10(12)3/h7-9,11,14H,4-6,13H2,1-3H3. The number of thiophene rings is 1. The van der Waals surface area contributed by atoms with Gasteiger partial charge < -0.3 is 11.1 Å². The third kappa shape index (κ3) is 3.93. The van der Waals surface area contributed by atoms with Crippen LogP contribution in [0.2, 0.25) is 0 Å². The van der Waals surface area contributed by atoms with Gasteiger partial charge in [-0.05, 0) is 53.7 Å². The van der Waals surface area contributed by atoms with Gasteiger partial charge in [0.2, 0.25) is 0 Å². The molecule has 0 saturated heterocycles. The Bertz CT molecular complexity index is 281. The van der Waals surface area contributed by atoms with E-state index in [-0.39, 0.29) is 0 Å². The van der Waals surface area contributed by atoms with Gasteiger partial charge in [-0.2, -0.15) is 11.3 Å². The first-order valence-electron chi connectivity index (χ1n) is 5.57. The molecular formula is C12H22N2S. The summed E-state index contributed by atoms with van der Waals surface area (Å²) in [6.07, 6.45) is 0. The highest BCUT2D eigenvalue weighted by Gasteiger charge is 2.10. The summed E-state index contributed by atoms with van der Waals surface area (Å²) in [7, 11) is 0. The first-order valence-corrected chi connectivity index (χ1v) is 6.52. The molecule has 1 unspecified atom stereocenters. The highest BCUT2D eigenvalue weighted by molar-refractivity contribution is 7.08. The minimum absolute atomic E-state index is 0.587. The van der Waals surface area contributed by atoms with Gasteiger partial charge in [-0.3, -0.25) is 0 Å². The Hall–Kier alpha value is -0.380. The molecule has 1 heterocycles. The maximum absolute atomic E-state index is 5.73. The van der Waals surface area contributed by atoms with Gasteiger partial charge >= 0.3 is 0 Å². The second-order valence-electron chi connectivity index (χ2n) is 4.45. The summed E-state index contributed by atoms with van der Waals surface area (Å²) in [4.78, 5) is 0. The monoisotopic (exact) mass is 226 g/mol. The zero-order valence-corrected chi connectivity index (χ0v) is 10.7. The minimum Gasteiger partial charge on any atom is -0.330 e. The summed E-state index contributed by atoms with van der Waals surface area (Å²) >= 11 is 1.77. The van der Waals surface area contributed by atoms with Crippen LogP contribution in [0.15, 0.2) is 10.8 Å². The van der Waals surface area contributed by atoms with Crippen molar-refractivity contribution in [3.63, 3.8) is 0 Å². The van der Waals surface area contributed by atoms with Crippen LogP contribution in [0.1, 0.15) is 25.0 Å². The number of aryl methyl sites for hydroxylation is 1. The molecule has 86 valence electrons. The normalized spacial score (nSPS) is 13.4. The lowest BCUT2D eigenvalue weighted by Crippen LogP contribution is -2.31. The van der Waals surface area contributed by atoms with Crippen molar-refractivity contribution in [1.82, 2.24) is 5.32 Å². The summed E-state index contributed by atoms with van der Waals surface area (Å²) in [5.74, 6) is 1.25. The molecule has 0 aliphatic carbocycles. The molecule has 0 aliphatic rings. The van der Waals surface area contributed by atoms with Crippen molar-refractivity contribution >= 4 is 11.3 Å². The van der Waals surface area contributed by atoms with Crippen molar-refractivity contribution in [2.24, 2.45) is 17.6 Å². The lowest BCUT2D eigenvalue weighted by Gasteiger charge is -2.19. The summed E-state index contributed by atoms with van der Waals surface area (Å²) in [6.45, 7) is 9.38. The van der Waals surface area contributed by atoms with Crippen molar-refractivity contribution in [1.29, 1.82) is 0 Å². The molecule has 1 atom stereocenters. The van der Waals surface area contributed by atoms with Crippen LogP contribution >= 0.6 is 11.3 Å². The largest absolute Gasteiger partial charge is 0.330 e.